The lowest BCUT2D eigenvalue weighted by atomic mass is 9.94. The molecule has 0 saturated heterocycles. The van der Waals surface area contributed by atoms with E-state index in [2.05, 4.69) is 32.0 Å². The van der Waals surface area contributed by atoms with Crippen LogP contribution >= 0.6 is 0 Å². The number of ether oxygens (including phenoxy) is 1. The summed E-state index contributed by atoms with van der Waals surface area (Å²) in [5.41, 5.74) is 4.89. The number of hydrogen-bond acceptors (Lipinski definition) is 1. The number of aryl methyl sites for hydroxylation is 1. The van der Waals surface area contributed by atoms with Crippen LogP contribution in [0.25, 0.3) is 22.3 Å². The van der Waals surface area contributed by atoms with Gasteiger partial charge in [0.1, 0.15) is 11.6 Å². The second-order valence-electron chi connectivity index (χ2n) is 8.95. The monoisotopic (exact) mass is 446 g/mol. The van der Waals surface area contributed by atoms with Gasteiger partial charge in [-0.1, -0.05) is 107 Å². The zero-order valence-electron chi connectivity index (χ0n) is 20.4. The van der Waals surface area contributed by atoms with Gasteiger partial charge in [-0.3, -0.25) is 0 Å². The van der Waals surface area contributed by atoms with Crippen molar-refractivity contribution in [1.82, 2.24) is 0 Å². The van der Waals surface area contributed by atoms with Gasteiger partial charge in [0.05, 0.1) is 6.61 Å². The number of benzene rings is 3. The highest BCUT2D eigenvalue weighted by Crippen LogP contribution is 2.31. The summed E-state index contributed by atoms with van der Waals surface area (Å²) in [7, 11) is 0. The molecule has 0 aromatic heterocycles. The van der Waals surface area contributed by atoms with Crippen LogP contribution in [0.3, 0.4) is 0 Å². The zero-order chi connectivity index (χ0) is 23.3. The maximum Gasteiger partial charge on any atom is 0.131 e. The lowest BCUT2D eigenvalue weighted by Crippen LogP contribution is -1.97. The molecule has 0 aliphatic carbocycles. The average Bonchev–Trinajstić information content (AvgIpc) is 2.84. The molecule has 2 heteroatoms. The van der Waals surface area contributed by atoms with Crippen LogP contribution in [0.5, 0.6) is 5.75 Å². The second-order valence-corrected chi connectivity index (χ2v) is 8.95. The number of halogens is 1. The van der Waals surface area contributed by atoms with Gasteiger partial charge in [0.15, 0.2) is 0 Å². The molecule has 0 fully saturated rings. The third-order valence-electron chi connectivity index (χ3n) is 6.28. The first kappa shape index (κ1) is 25.0. The van der Waals surface area contributed by atoms with Crippen LogP contribution in [0.15, 0.2) is 66.7 Å². The lowest BCUT2D eigenvalue weighted by Gasteiger charge is -2.12. The second kappa shape index (κ2) is 13.8. The van der Waals surface area contributed by atoms with Gasteiger partial charge in [0, 0.05) is 5.56 Å². The minimum absolute atomic E-state index is 0.184. The Morgan fingerprint density at radius 2 is 1.30 bits per heavy atom. The smallest absolute Gasteiger partial charge is 0.131 e. The fraction of sp³-hybridized carbons (Fsp3) is 0.419. The zero-order valence-corrected chi connectivity index (χ0v) is 20.4. The van der Waals surface area contributed by atoms with Gasteiger partial charge in [0.2, 0.25) is 0 Å². The predicted octanol–water partition coefficient (Wildman–Crippen LogP) is 9.63. The molecule has 0 atom stereocenters. The minimum Gasteiger partial charge on any atom is -0.494 e. The van der Waals surface area contributed by atoms with Crippen molar-refractivity contribution in [3.8, 4) is 28.0 Å². The SMILES string of the molecule is CCCCCCCCOc1ccc(-c2ccc(-c3ccccc3CCCCC)cc2F)cc1. The first-order chi connectivity index (χ1) is 16.2. The van der Waals surface area contributed by atoms with Crippen LogP contribution in [0.2, 0.25) is 0 Å². The van der Waals surface area contributed by atoms with Gasteiger partial charge >= 0.3 is 0 Å². The lowest BCUT2D eigenvalue weighted by molar-refractivity contribution is 0.304. The highest BCUT2D eigenvalue weighted by atomic mass is 19.1. The van der Waals surface area contributed by atoms with Crippen molar-refractivity contribution < 1.29 is 9.13 Å². The molecule has 0 unspecified atom stereocenters. The van der Waals surface area contributed by atoms with E-state index in [-0.39, 0.29) is 5.82 Å². The predicted molar refractivity (Wildman–Crippen MR) is 139 cm³/mol. The fourth-order valence-corrected chi connectivity index (χ4v) is 4.31. The van der Waals surface area contributed by atoms with Crippen molar-refractivity contribution in [3.63, 3.8) is 0 Å². The molecular formula is C31H39FO. The van der Waals surface area contributed by atoms with Crippen molar-refractivity contribution in [1.29, 1.82) is 0 Å². The molecular weight excluding hydrogens is 407 g/mol. The van der Waals surface area contributed by atoms with Gasteiger partial charge in [-0.05, 0) is 59.7 Å². The van der Waals surface area contributed by atoms with Crippen LogP contribution in [0.4, 0.5) is 4.39 Å². The largest absolute Gasteiger partial charge is 0.494 e. The average molecular weight is 447 g/mol. The molecule has 0 N–H and O–H groups in total. The Balaban J connectivity index is 1.61. The maximum atomic E-state index is 15.1. The van der Waals surface area contributed by atoms with E-state index in [1.54, 1.807) is 6.07 Å². The Bertz CT molecular complexity index is 961. The van der Waals surface area contributed by atoms with Crippen molar-refractivity contribution in [3.05, 3.63) is 78.1 Å². The fourth-order valence-electron chi connectivity index (χ4n) is 4.31. The Kier molecular flexibility index (Phi) is 10.5. The maximum absolute atomic E-state index is 15.1. The van der Waals surface area contributed by atoms with Crippen molar-refractivity contribution in [2.75, 3.05) is 6.61 Å². The van der Waals surface area contributed by atoms with E-state index in [9.17, 15) is 0 Å². The number of rotatable bonds is 14. The minimum atomic E-state index is -0.184. The molecule has 0 bridgehead atoms. The Labute approximate surface area is 200 Å². The van der Waals surface area contributed by atoms with Crippen molar-refractivity contribution >= 4 is 0 Å². The summed E-state index contributed by atoms with van der Waals surface area (Å²) in [6.45, 7) is 5.20. The van der Waals surface area contributed by atoms with Crippen LogP contribution in [-0.2, 0) is 6.42 Å². The van der Waals surface area contributed by atoms with Crippen LogP contribution in [0.1, 0.15) is 77.2 Å². The quantitative estimate of drug-likeness (QED) is 0.224. The van der Waals surface area contributed by atoms with Gasteiger partial charge in [-0.25, -0.2) is 4.39 Å². The van der Waals surface area contributed by atoms with E-state index < -0.39 is 0 Å². The molecule has 0 aliphatic rings. The van der Waals surface area contributed by atoms with E-state index in [0.717, 1.165) is 41.9 Å². The molecule has 3 aromatic carbocycles. The van der Waals surface area contributed by atoms with Crippen LogP contribution in [0, 0.1) is 5.82 Å². The molecule has 176 valence electrons. The van der Waals surface area contributed by atoms with Gasteiger partial charge in [0.25, 0.3) is 0 Å². The summed E-state index contributed by atoms with van der Waals surface area (Å²) in [5.74, 6) is 0.668. The van der Waals surface area contributed by atoms with E-state index >= 15 is 4.39 Å². The van der Waals surface area contributed by atoms with E-state index in [4.69, 9.17) is 4.74 Å². The topological polar surface area (TPSA) is 9.23 Å². The third kappa shape index (κ3) is 7.74. The summed E-state index contributed by atoms with van der Waals surface area (Å²) in [6.07, 6.45) is 12.1. The molecule has 3 aromatic rings. The molecule has 33 heavy (non-hydrogen) atoms. The standard InChI is InChI=1S/C31H39FO/c1-3-5-7-8-9-13-23-33-28-20-17-26(18-21-28)30-22-19-27(24-31(30)32)29-16-12-11-15-25(29)14-10-6-4-2/h11-12,15-22,24H,3-10,13-14,23H2,1-2H3. The van der Waals surface area contributed by atoms with Crippen molar-refractivity contribution in [2.45, 2.75) is 78.1 Å². The summed E-state index contributed by atoms with van der Waals surface area (Å²) in [6, 6.07) is 21.8. The van der Waals surface area contributed by atoms with Gasteiger partial charge in [-0.15, -0.1) is 0 Å². The van der Waals surface area contributed by atoms with Crippen molar-refractivity contribution in [2.24, 2.45) is 0 Å². The first-order valence-corrected chi connectivity index (χ1v) is 12.8. The van der Waals surface area contributed by atoms with Gasteiger partial charge in [-0.2, -0.15) is 0 Å². The first-order valence-electron chi connectivity index (χ1n) is 12.8. The molecule has 3 rings (SSSR count). The van der Waals surface area contributed by atoms with Crippen LogP contribution in [-0.4, -0.2) is 6.61 Å². The Morgan fingerprint density at radius 3 is 2.06 bits per heavy atom. The molecule has 0 aliphatic heterocycles. The molecule has 0 saturated carbocycles. The van der Waals surface area contributed by atoms with Crippen LogP contribution < -0.4 is 4.74 Å². The highest BCUT2D eigenvalue weighted by Gasteiger charge is 2.10. The molecule has 0 amide bonds. The Hall–Kier alpha value is -2.61. The number of hydrogen-bond donors (Lipinski definition) is 0. The summed E-state index contributed by atoms with van der Waals surface area (Å²) >= 11 is 0. The van der Waals surface area contributed by atoms with E-state index in [1.165, 1.54) is 56.9 Å². The van der Waals surface area contributed by atoms with Gasteiger partial charge < -0.3 is 4.74 Å². The molecule has 0 heterocycles. The molecule has 1 nitrogen and oxygen atoms in total. The third-order valence-corrected chi connectivity index (χ3v) is 6.28. The summed E-state index contributed by atoms with van der Waals surface area (Å²) in [4.78, 5) is 0. The normalized spacial score (nSPS) is 11.0. The Morgan fingerprint density at radius 1 is 0.636 bits per heavy atom. The van der Waals surface area contributed by atoms with E-state index in [1.807, 2.05) is 42.5 Å². The number of unbranched alkanes of at least 4 members (excludes halogenated alkanes) is 7. The summed E-state index contributed by atoms with van der Waals surface area (Å²) in [5, 5.41) is 0. The van der Waals surface area contributed by atoms with E-state index in [0.29, 0.717) is 5.56 Å². The molecule has 0 radical (unpaired) electrons. The summed E-state index contributed by atoms with van der Waals surface area (Å²) < 4.78 is 21.0. The highest BCUT2D eigenvalue weighted by molar-refractivity contribution is 5.73. The molecule has 0 spiro atoms.